The molecule has 3 rings (SSSR count). The van der Waals surface area contributed by atoms with Crippen molar-refractivity contribution in [2.24, 2.45) is 0 Å². The minimum Gasteiger partial charge on any atom is -0.333 e. The van der Waals surface area contributed by atoms with E-state index in [-0.39, 0.29) is 0 Å². The maximum Gasteiger partial charge on any atom is 0.312 e. The van der Waals surface area contributed by atoms with Crippen LogP contribution in [0.15, 0.2) is 60.7 Å². The number of hydrogen-bond acceptors (Lipinski definition) is 3. The second-order valence-electron chi connectivity index (χ2n) is 6.70. The molecule has 0 aliphatic carbocycles. The number of amides is 2. The molecule has 2 aromatic carbocycles. The van der Waals surface area contributed by atoms with Crippen molar-refractivity contribution >= 4 is 11.8 Å². The molecule has 136 valence electrons. The number of likely N-dealkylation sites (N-methyl/N-ethyl adjacent to an activating group) is 1. The lowest BCUT2D eigenvalue weighted by molar-refractivity contribution is -0.152. The molecule has 2 aromatic rings. The lowest BCUT2D eigenvalue weighted by atomic mass is 10.2. The van der Waals surface area contributed by atoms with Crippen LogP contribution in [0.2, 0.25) is 0 Å². The Labute approximate surface area is 154 Å². The maximum atomic E-state index is 12.5. The zero-order valence-electron chi connectivity index (χ0n) is 15.2. The van der Waals surface area contributed by atoms with E-state index in [0.29, 0.717) is 19.6 Å². The highest BCUT2D eigenvalue weighted by molar-refractivity contribution is 6.34. The summed E-state index contributed by atoms with van der Waals surface area (Å²) in [6, 6.07) is 20.0. The summed E-state index contributed by atoms with van der Waals surface area (Å²) in [6.45, 7) is 4.09. The van der Waals surface area contributed by atoms with Crippen LogP contribution in [-0.2, 0) is 22.7 Å². The highest BCUT2D eigenvalue weighted by atomic mass is 16.2. The topological polar surface area (TPSA) is 43.9 Å². The fraction of sp³-hybridized carbons (Fsp3) is 0.333. The number of hydrogen-bond donors (Lipinski definition) is 0. The van der Waals surface area contributed by atoms with Crippen molar-refractivity contribution in [3.63, 3.8) is 0 Å². The molecule has 0 spiro atoms. The molecule has 1 aliphatic heterocycles. The molecular weight excluding hydrogens is 326 g/mol. The lowest BCUT2D eigenvalue weighted by Gasteiger charge is -2.35. The van der Waals surface area contributed by atoms with Gasteiger partial charge in [0, 0.05) is 46.3 Å². The molecule has 5 heteroatoms. The number of rotatable bonds is 4. The van der Waals surface area contributed by atoms with Crippen molar-refractivity contribution in [3.8, 4) is 0 Å². The number of nitrogens with zero attached hydrogens (tertiary/aromatic N) is 3. The molecule has 0 saturated carbocycles. The van der Waals surface area contributed by atoms with Crippen LogP contribution < -0.4 is 0 Å². The summed E-state index contributed by atoms with van der Waals surface area (Å²) in [4.78, 5) is 30.4. The second-order valence-corrected chi connectivity index (χ2v) is 6.70. The van der Waals surface area contributed by atoms with Crippen molar-refractivity contribution in [1.29, 1.82) is 0 Å². The molecule has 1 fully saturated rings. The molecule has 1 saturated heterocycles. The van der Waals surface area contributed by atoms with E-state index in [1.807, 2.05) is 48.5 Å². The van der Waals surface area contributed by atoms with Gasteiger partial charge in [-0.2, -0.15) is 0 Å². The maximum absolute atomic E-state index is 12.5. The van der Waals surface area contributed by atoms with Crippen LogP contribution in [0.4, 0.5) is 0 Å². The minimum absolute atomic E-state index is 0.400. The Morgan fingerprint density at radius 1 is 0.846 bits per heavy atom. The largest absolute Gasteiger partial charge is 0.333 e. The van der Waals surface area contributed by atoms with Crippen molar-refractivity contribution in [2.45, 2.75) is 13.1 Å². The molecule has 0 aromatic heterocycles. The Bertz CT molecular complexity index is 725. The molecule has 0 unspecified atom stereocenters. The fourth-order valence-corrected chi connectivity index (χ4v) is 3.18. The third kappa shape index (κ3) is 4.70. The van der Waals surface area contributed by atoms with Gasteiger partial charge in [-0.15, -0.1) is 0 Å². The summed E-state index contributed by atoms with van der Waals surface area (Å²) in [6.07, 6.45) is 0. The summed E-state index contributed by atoms with van der Waals surface area (Å²) >= 11 is 0. The van der Waals surface area contributed by atoms with Gasteiger partial charge in [-0.1, -0.05) is 60.7 Å². The smallest absolute Gasteiger partial charge is 0.312 e. The molecule has 1 heterocycles. The Morgan fingerprint density at radius 2 is 1.38 bits per heavy atom. The van der Waals surface area contributed by atoms with Gasteiger partial charge in [-0.25, -0.2) is 0 Å². The van der Waals surface area contributed by atoms with Gasteiger partial charge in [-0.05, 0) is 11.1 Å². The number of piperazine rings is 1. The molecule has 5 nitrogen and oxygen atoms in total. The van der Waals surface area contributed by atoms with Crippen LogP contribution in [0.3, 0.4) is 0 Å². The van der Waals surface area contributed by atoms with Gasteiger partial charge in [0.25, 0.3) is 0 Å². The third-order valence-corrected chi connectivity index (χ3v) is 4.70. The molecule has 0 radical (unpaired) electrons. The summed E-state index contributed by atoms with van der Waals surface area (Å²) in [5, 5.41) is 0. The molecule has 1 aliphatic rings. The minimum atomic E-state index is -0.439. The summed E-state index contributed by atoms with van der Waals surface area (Å²) < 4.78 is 0. The van der Waals surface area contributed by atoms with E-state index in [0.717, 1.165) is 25.2 Å². The van der Waals surface area contributed by atoms with Crippen LogP contribution in [0, 0.1) is 0 Å². The zero-order chi connectivity index (χ0) is 18.4. The Morgan fingerprint density at radius 3 is 1.96 bits per heavy atom. The van der Waals surface area contributed by atoms with Crippen molar-refractivity contribution < 1.29 is 9.59 Å². The normalized spacial score (nSPS) is 14.9. The van der Waals surface area contributed by atoms with Gasteiger partial charge >= 0.3 is 11.8 Å². The van der Waals surface area contributed by atoms with E-state index in [9.17, 15) is 9.59 Å². The van der Waals surface area contributed by atoms with Crippen LogP contribution in [0.25, 0.3) is 0 Å². The van der Waals surface area contributed by atoms with Crippen LogP contribution >= 0.6 is 0 Å². The average Bonchev–Trinajstić information content (AvgIpc) is 2.69. The number of benzene rings is 2. The van der Waals surface area contributed by atoms with E-state index in [1.165, 1.54) is 10.5 Å². The average molecular weight is 351 g/mol. The summed E-state index contributed by atoms with van der Waals surface area (Å²) in [5.41, 5.74) is 2.29. The first-order chi connectivity index (χ1) is 12.6. The SMILES string of the molecule is CN(Cc1ccccc1)C(=O)C(=O)N1CCN(Cc2ccccc2)CC1. The first-order valence-electron chi connectivity index (χ1n) is 8.98. The third-order valence-electron chi connectivity index (χ3n) is 4.70. The first kappa shape index (κ1) is 18.1. The molecule has 0 N–H and O–H groups in total. The summed E-state index contributed by atoms with van der Waals surface area (Å²) in [7, 11) is 1.68. The second kappa shape index (κ2) is 8.63. The van der Waals surface area contributed by atoms with Crippen molar-refractivity contribution in [2.75, 3.05) is 33.2 Å². The predicted molar refractivity (Wildman–Crippen MR) is 101 cm³/mol. The van der Waals surface area contributed by atoms with E-state index in [1.54, 1.807) is 11.9 Å². The van der Waals surface area contributed by atoms with E-state index < -0.39 is 11.8 Å². The molecule has 0 atom stereocenters. The van der Waals surface area contributed by atoms with Gasteiger partial charge in [-0.3, -0.25) is 14.5 Å². The highest BCUT2D eigenvalue weighted by Crippen LogP contribution is 2.10. The quantitative estimate of drug-likeness (QED) is 0.792. The Hall–Kier alpha value is -2.66. The summed E-state index contributed by atoms with van der Waals surface area (Å²) in [5.74, 6) is -0.840. The molecule has 2 amide bonds. The van der Waals surface area contributed by atoms with Gasteiger partial charge in [0.1, 0.15) is 0 Å². The highest BCUT2D eigenvalue weighted by Gasteiger charge is 2.28. The van der Waals surface area contributed by atoms with Crippen LogP contribution in [0.5, 0.6) is 0 Å². The number of carbonyl (C=O) groups excluding carboxylic acids is 2. The fourth-order valence-electron chi connectivity index (χ4n) is 3.18. The standard InChI is InChI=1S/C21H25N3O2/c1-22(16-18-8-4-2-5-9-18)20(25)21(26)24-14-12-23(13-15-24)17-19-10-6-3-7-11-19/h2-11H,12-17H2,1H3. The van der Waals surface area contributed by atoms with Gasteiger partial charge in [0.15, 0.2) is 0 Å². The molecular formula is C21H25N3O2. The lowest BCUT2D eigenvalue weighted by Crippen LogP contribution is -2.52. The van der Waals surface area contributed by atoms with Gasteiger partial charge < -0.3 is 9.80 Å². The van der Waals surface area contributed by atoms with Crippen LogP contribution in [-0.4, -0.2) is 59.7 Å². The number of carbonyl (C=O) groups is 2. The molecule has 26 heavy (non-hydrogen) atoms. The van der Waals surface area contributed by atoms with E-state index in [2.05, 4.69) is 17.0 Å². The van der Waals surface area contributed by atoms with Gasteiger partial charge in [0.05, 0.1) is 0 Å². The Kier molecular flexibility index (Phi) is 6.02. The molecule has 0 bridgehead atoms. The van der Waals surface area contributed by atoms with E-state index >= 15 is 0 Å². The van der Waals surface area contributed by atoms with Gasteiger partial charge in [0.2, 0.25) is 0 Å². The van der Waals surface area contributed by atoms with Crippen molar-refractivity contribution in [3.05, 3.63) is 71.8 Å². The van der Waals surface area contributed by atoms with Crippen molar-refractivity contribution in [1.82, 2.24) is 14.7 Å². The first-order valence-corrected chi connectivity index (χ1v) is 8.98. The monoisotopic (exact) mass is 351 g/mol. The predicted octanol–water partition coefficient (Wildman–Crippen LogP) is 1.99. The zero-order valence-corrected chi connectivity index (χ0v) is 15.2. The van der Waals surface area contributed by atoms with Crippen LogP contribution in [0.1, 0.15) is 11.1 Å². The Balaban J connectivity index is 1.49. The van der Waals surface area contributed by atoms with E-state index in [4.69, 9.17) is 0 Å².